The number of carbonyl (C=O) groups is 1. The van der Waals surface area contributed by atoms with E-state index < -0.39 is 0 Å². The van der Waals surface area contributed by atoms with Crippen LogP contribution in [-0.4, -0.2) is 39.0 Å². The summed E-state index contributed by atoms with van der Waals surface area (Å²) in [5, 5.41) is 0. The van der Waals surface area contributed by atoms with E-state index in [0.717, 1.165) is 13.0 Å². The van der Waals surface area contributed by atoms with Gasteiger partial charge in [-0.05, 0) is 13.3 Å². The third kappa shape index (κ3) is 23.4. The summed E-state index contributed by atoms with van der Waals surface area (Å²) in [5.41, 5.74) is 0.414. The van der Waals surface area contributed by atoms with E-state index in [-0.39, 0.29) is 12.6 Å². The lowest BCUT2D eigenvalue weighted by Crippen LogP contribution is -2.13. The van der Waals surface area contributed by atoms with Crippen molar-refractivity contribution in [3.63, 3.8) is 0 Å². The molecule has 0 unspecified atom stereocenters. The Hall–Kier alpha value is -0.870. The summed E-state index contributed by atoms with van der Waals surface area (Å²) in [5.74, 6) is -0.363. The van der Waals surface area contributed by atoms with E-state index in [4.69, 9.17) is 14.2 Å². The van der Waals surface area contributed by atoms with Crippen molar-refractivity contribution in [3.8, 4) is 0 Å². The molecule has 0 fully saturated rings. The lowest BCUT2D eigenvalue weighted by Gasteiger charge is -2.07. The fourth-order valence-electron chi connectivity index (χ4n) is 3.39. The van der Waals surface area contributed by atoms with Gasteiger partial charge < -0.3 is 14.2 Å². The molecule has 4 heteroatoms. The van der Waals surface area contributed by atoms with E-state index in [1.54, 1.807) is 6.92 Å². The molecule has 0 radical (unpaired) electrons. The summed E-state index contributed by atoms with van der Waals surface area (Å²) >= 11 is 0. The lowest BCUT2D eigenvalue weighted by atomic mass is 10.0. The third-order valence-corrected chi connectivity index (χ3v) is 5.32. The maximum absolute atomic E-state index is 11.2. The van der Waals surface area contributed by atoms with Crippen LogP contribution in [0.15, 0.2) is 12.2 Å². The number of hydrogen-bond acceptors (Lipinski definition) is 4. The predicted octanol–water partition coefficient (Wildman–Crippen LogP) is 7.40. The largest absolute Gasteiger partial charge is 0.460 e. The van der Waals surface area contributed by atoms with Crippen LogP contribution in [0.25, 0.3) is 0 Å². The van der Waals surface area contributed by atoms with E-state index in [2.05, 4.69) is 13.5 Å². The van der Waals surface area contributed by atoms with Crippen molar-refractivity contribution in [2.45, 2.75) is 117 Å². The van der Waals surface area contributed by atoms with Gasteiger partial charge in [0.15, 0.2) is 0 Å². The zero-order chi connectivity index (χ0) is 22.1. The number of unbranched alkanes of at least 4 members (excludes halogenated alkanes) is 15. The zero-order valence-corrected chi connectivity index (χ0v) is 20.2. The van der Waals surface area contributed by atoms with Crippen molar-refractivity contribution in [1.29, 1.82) is 0 Å². The molecule has 0 amide bonds. The second-order valence-electron chi connectivity index (χ2n) is 8.44. The second-order valence-corrected chi connectivity index (χ2v) is 8.44. The Bertz CT molecular complexity index is 381. The molecule has 4 nitrogen and oxygen atoms in total. The van der Waals surface area contributed by atoms with Gasteiger partial charge in [-0.1, -0.05) is 110 Å². The molecule has 0 aromatic rings. The van der Waals surface area contributed by atoms with E-state index in [1.165, 1.54) is 96.3 Å². The predicted molar refractivity (Wildman–Crippen MR) is 127 cm³/mol. The maximum Gasteiger partial charge on any atom is 0.333 e. The van der Waals surface area contributed by atoms with Crippen LogP contribution in [0.2, 0.25) is 0 Å². The van der Waals surface area contributed by atoms with Crippen LogP contribution in [0.5, 0.6) is 0 Å². The van der Waals surface area contributed by atoms with Crippen LogP contribution < -0.4 is 0 Å². The number of esters is 1. The smallest absolute Gasteiger partial charge is 0.333 e. The molecule has 0 aliphatic carbocycles. The van der Waals surface area contributed by atoms with E-state index in [1.807, 2.05) is 0 Å². The molecule has 0 spiro atoms. The van der Waals surface area contributed by atoms with Crippen molar-refractivity contribution < 1.29 is 19.0 Å². The van der Waals surface area contributed by atoms with Crippen molar-refractivity contribution >= 4 is 5.97 Å². The van der Waals surface area contributed by atoms with Crippen LogP contribution in [0, 0.1) is 0 Å². The van der Waals surface area contributed by atoms with Crippen LogP contribution >= 0.6 is 0 Å². The van der Waals surface area contributed by atoms with Gasteiger partial charge in [0.2, 0.25) is 0 Å². The number of hydrogen-bond donors (Lipinski definition) is 0. The number of carbonyl (C=O) groups excluding carboxylic acids is 1. The SMILES string of the molecule is C=C(C)C(=O)OCCOCCOCCCCCCCCCCCCCCCCCC. The average Bonchev–Trinajstić information content (AvgIpc) is 2.74. The van der Waals surface area contributed by atoms with Crippen molar-refractivity contribution in [2.75, 3.05) is 33.0 Å². The Labute approximate surface area is 187 Å². The normalized spacial score (nSPS) is 11.0. The molecule has 178 valence electrons. The van der Waals surface area contributed by atoms with Crippen LogP contribution in [0.1, 0.15) is 117 Å². The lowest BCUT2D eigenvalue weighted by molar-refractivity contribution is -0.140. The fraction of sp³-hybridized carbons (Fsp3) is 0.885. The first-order chi connectivity index (χ1) is 14.7. The monoisotopic (exact) mass is 426 g/mol. The van der Waals surface area contributed by atoms with Gasteiger partial charge in [0.25, 0.3) is 0 Å². The topological polar surface area (TPSA) is 44.8 Å². The van der Waals surface area contributed by atoms with Gasteiger partial charge >= 0.3 is 5.97 Å². The minimum Gasteiger partial charge on any atom is -0.460 e. The first-order valence-electron chi connectivity index (χ1n) is 12.7. The third-order valence-electron chi connectivity index (χ3n) is 5.32. The fourth-order valence-corrected chi connectivity index (χ4v) is 3.39. The zero-order valence-electron chi connectivity index (χ0n) is 20.2. The Kier molecular flexibility index (Phi) is 23.7. The summed E-state index contributed by atoms with van der Waals surface area (Å²) in [6.07, 6.45) is 22.2. The standard InChI is InChI=1S/C26H50O4/c1-4-5-6-7-8-9-10-11-12-13-14-15-16-17-18-19-20-28-21-22-29-23-24-30-26(27)25(2)3/h2,4-24H2,1,3H3. The summed E-state index contributed by atoms with van der Waals surface area (Å²) in [4.78, 5) is 11.2. The van der Waals surface area contributed by atoms with Gasteiger partial charge in [-0.15, -0.1) is 0 Å². The highest BCUT2D eigenvalue weighted by Gasteiger charge is 2.01. The highest BCUT2D eigenvalue weighted by molar-refractivity contribution is 5.86. The van der Waals surface area contributed by atoms with Crippen LogP contribution in [0.4, 0.5) is 0 Å². The molecule has 0 rings (SSSR count). The Balaban J connectivity index is 3.05. The Morgan fingerprint density at radius 3 is 1.37 bits per heavy atom. The Morgan fingerprint density at radius 1 is 0.567 bits per heavy atom. The van der Waals surface area contributed by atoms with Crippen molar-refractivity contribution in [2.24, 2.45) is 0 Å². The van der Waals surface area contributed by atoms with Crippen molar-refractivity contribution in [3.05, 3.63) is 12.2 Å². The molecule has 0 saturated carbocycles. The highest BCUT2D eigenvalue weighted by atomic mass is 16.6. The van der Waals surface area contributed by atoms with Crippen LogP contribution in [-0.2, 0) is 19.0 Å². The molecule has 0 N–H and O–H groups in total. The van der Waals surface area contributed by atoms with Gasteiger partial charge in [0.1, 0.15) is 6.61 Å². The van der Waals surface area contributed by atoms with Gasteiger partial charge in [-0.3, -0.25) is 0 Å². The average molecular weight is 427 g/mol. The molecule has 0 saturated heterocycles. The first-order valence-corrected chi connectivity index (χ1v) is 12.7. The molecule has 0 aliphatic rings. The summed E-state index contributed by atoms with van der Waals surface area (Å²) in [6.45, 7) is 10.1. The summed E-state index contributed by atoms with van der Waals surface area (Å²) in [7, 11) is 0. The maximum atomic E-state index is 11.2. The van der Waals surface area contributed by atoms with E-state index in [0.29, 0.717) is 25.4 Å². The van der Waals surface area contributed by atoms with Gasteiger partial charge in [-0.25, -0.2) is 4.79 Å². The molecule has 0 aliphatic heterocycles. The van der Waals surface area contributed by atoms with Crippen LogP contribution in [0.3, 0.4) is 0 Å². The first kappa shape index (κ1) is 29.1. The molecule has 0 heterocycles. The van der Waals surface area contributed by atoms with Crippen molar-refractivity contribution in [1.82, 2.24) is 0 Å². The van der Waals surface area contributed by atoms with E-state index >= 15 is 0 Å². The highest BCUT2D eigenvalue weighted by Crippen LogP contribution is 2.13. The molecule has 0 aromatic heterocycles. The number of rotatable bonds is 24. The summed E-state index contributed by atoms with van der Waals surface area (Å²) in [6, 6.07) is 0. The molecule has 0 atom stereocenters. The van der Waals surface area contributed by atoms with E-state index in [9.17, 15) is 4.79 Å². The van der Waals surface area contributed by atoms with Gasteiger partial charge in [-0.2, -0.15) is 0 Å². The van der Waals surface area contributed by atoms with Gasteiger partial charge in [0, 0.05) is 12.2 Å². The molecule has 0 aromatic carbocycles. The minimum atomic E-state index is -0.363. The summed E-state index contributed by atoms with van der Waals surface area (Å²) < 4.78 is 15.9. The molecule has 0 bridgehead atoms. The number of ether oxygens (including phenoxy) is 3. The van der Waals surface area contributed by atoms with Gasteiger partial charge in [0.05, 0.1) is 19.8 Å². The molecular weight excluding hydrogens is 376 g/mol. The Morgan fingerprint density at radius 2 is 0.933 bits per heavy atom. The quantitative estimate of drug-likeness (QED) is 0.0916. The molecule has 30 heavy (non-hydrogen) atoms. The second kappa shape index (κ2) is 24.4. The minimum absolute atomic E-state index is 0.269. The molecular formula is C26H50O4.